The van der Waals surface area contributed by atoms with Gasteiger partial charge in [0.1, 0.15) is 5.60 Å². The van der Waals surface area contributed by atoms with Gasteiger partial charge in [0.15, 0.2) is 0 Å². The van der Waals surface area contributed by atoms with Gasteiger partial charge in [-0.2, -0.15) is 0 Å². The van der Waals surface area contributed by atoms with Crippen LogP contribution >= 0.6 is 0 Å². The van der Waals surface area contributed by atoms with E-state index < -0.39 is 11.2 Å². The molecule has 16 heavy (non-hydrogen) atoms. The Morgan fingerprint density at radius 3 is 2.19 bits per heavy atom. The molecule has 0 aromatic rings. The molecule has 0 aromatic carbocycles. The van der Waals surface area contributed by atoms with Crippen molar-refractivity contribution in [2.45, 2.75) is 65.2 Å². The number of carbonyl (C=O) groups excluding carboxylic acids is 1. The second-order valence-corrected chi connectivity index (χ2v) is 5.88. The second-order valence-electron chi connectivity index (χ2n) is 5.88. The number of aliphatic hydroxyl groups is 1. The summed E-state index contributed by atoms with van der Waals surface area (Å²) in [4.78, 5) is 11.5. The van der Waals surface area contributed by atoms with Crippen LogP contribution in [0.5, 0.6) is 0 Å². The third-order valence-corrected chi connectivity index (χ3v) is 1.78. The predicted octanol–water partition coefficient (Wildman–Crippen LogP) is 1.47. The minimum atomic E-state index is -0.762. The number of hydrogen-bond donors (Lipinski definition) is 2. The van der Waals surface area contributed by atoms with E-state index in [4.69, 9.17) is 4.74 Å². The van der Waals surface area contributed by atoms with Gasteiger partial charge in [-0.05, 0) is 41.5 Å². The molecule has 0 saturated carbocycles. The molecule has 4 heteroatoms. The molecule has 0 aliphatic heterocycles. The summed E-state index contributed by atoms with van der Waals surface area (Å²) < 4.78 is 5.20. The van der Waals surface area contributed by atoms with Crippen molar-refractivity contribution >= 4 is 5.97 Å². The van der Waals surface area contributed by atoms with Gasteiger partial charge in [0.25, 0.3) is 0 Å². The molecule has 2 N–H and O–H groups in total. The Labute approximate surface area is 98.4 Å². The van der Waals surface area contributed by atoms with E-state index in [0.717, 1.165) is 0 Å². The highest BCUT2D eigenvalue weighted by molar-refractivity contribution is 5.70. The van der Waals surface area contributed by atoms with Crippen LogP contribution in [-0.4, -0.2) is 34.9 Å². The van der Waals surface area contributed by atoms with Gasteiger partial charge in [0, 0.05) is 12.6 Å². The Morgan fingerprint density at radius 2 is 1.81 bits per heavy atom. The number of rotatable bonds is 5. The van der Waals surface area contributed by atoms with E-state index in [2.05, 4.69) is 5.32 Å². The zero-order valence-corrected chi connectivity index (χ0v) is 11.3. The van der Waals surface area contributed by atoms with Gasteiger partial charge in [0.05, 0.1) is 12.0 Å². The summed E-state index contributed by atoms with van der Waals surface area (Å²) in [6.45, 7) is 11.3. The third kappa shape index (κ3) is 9.93. The molecule has 1 unspecified atom stereocenters. The molecule has 0 aliphatic rings. The number of nitrogens with one attached hydrogen (secondary N) is 1. The minimum absolute atomic E-state index is 0.00118. The molecule has 0 saturated heterocycles. The maximum Gasteiger partial charge on any atom is 0.307 e. The third-order valence-electron chi connectivity index (χ3n) is 1.78. The summed E-state index contributed by atoms with van der Waals surface area (Å²) in [7, 11) is 0. The van der Waals surface area contributed by atoms with Crippen LogP contribution in [0.25, 0.3) is 0 Å². The van der Waals surface area contributed by atoms with Gasteiger partial charge in [0.2, 0.25) is 0 Å². The lowest BCUT2D eigenvalue weighted by atomic mass is 10.1. The molecule has 0 heterocycles. The van der Waals surface area contributed by atoms with E-state index in [1.165, 1.54) is 0 Å². The normalized spacial score (nSPS) is 14.7. The molecule has 0 radical (unpaired) electrons. The highest BCUT2D eigenvalue weighted by Crippen LogP contribution is 2.09. The number of esters is 1. The van der Waals surface area contributed by atoms with Crippen molar-refractivity contribution in [3.63, 3.8) is 0 Å². The number of ether oxygens (including phenoxy) is 1. The summed E-state index contributed by atoms with van der Waals surface area (Å²) >= 11 is 0. The van der Waals surface area contributed by atoms with Crippen molar-refractivity contribution in [3.05, 3.63) is 0 Å². The van der Waals surface area contributed by atoms with Crippen LogP contribution in [0.15, 0.2) is 0 Å². The van der Waals surface area contributed by atoms with Gasteiger partial charge in [-0.15, -0.1) is 0 Å². The van der Waals surface area contributed by atoms with E-state index in [1.54, 1.807) is 13.8 Å². The highest BCUT2D eigenvalue weighted by atomic mass is 16.6. The Bertz CT molecular complexity index is 225. The average molecular weight is 231 g/mol. The predicted molar refractivity (Wildman–Crippen MR) is 64.2 cm³/mol. The van der Waals surface area contributed by atoms with E-state index >= 15 is 0 Å². The first-order chi connectivity index (χ1) is 6.99. The maximum atomic E-state index is 11.5. The zero-order chi connectivity index (χ0) is 13.0. The number of carbonyl (C=O) groups is 1. The Hall–Kier alpha value is -0.610. The Kier molecular flexibility index (Phi) is 5.42. The fourth-order valence-corrected chi connectivity index (χ4v) is 1.13. The molecule has 0 spiro atoms. The van der Waals surface area contributed by atoms with Gasteiger partial charge < -0.3 is 15.2 Å². The summed E-state index contributed by atoms with van der Waals surface area (Å²) in [6, 6.07) is 0.00118. The van der Waals surface area contributed by atoms with Crippen molar-refractivity contribution in [2.75, 3.05) is 6.54 Å². The van der Waals surface area contributed by atoms with Gasteiger partial charge in [-0.3, -0.25) is 4.79 Å². The molecule has 0 aliphatic carbocycles. The first kappa shape index (κ1) is 15.4. The van der Waals surface area contributed by atoms with E-state index in [0.29, 0.717) is 13.0 Å². The average Bonchev–Trinajstić information content (AvgIpc) is 1.95. The fraction of sp³-hybridized carbons (Fsp3) is 0.917. The lowest BCUT2D eigenvalue weighted by Crippen LogP contribution is -2.40. The van der Waals surface area contributed by atoms with E-state index in [-0.39, 0.29) is 12.0 Å². The van der Waals surface area contributed by atoms with Crippen LogP contribution in [0.4, 0.5) is 0 Å². The summed E-state index contributed by atoms with van der Waals surface area (Å²) in [6.07, 6.45) is 0.313. The molecule has 0 amide bonds. The van der Waals surface area contributed by atoms with E-state index in [1.807, 2.05) is 27.7 Å². The lowest BCUT2D eigenvalue weighted by Gasteiger charge is -2.23. The van der Waals surface area contributed by atoms with Crippen LogP contribution in [0.1, 0.15) is 48.0 Å². The number of hydrogen-bond acceptors (Lipinski definition) is 4. The summed E-state index contributed by atoms with van der Waals surface area (Å²) in [5.74, 6) is -0.219. The van der Waals surface area contributed by atoms with Crippen LogP contribution in [0.3, 0.4) is 0 Å². The van der Waals surface area contributed by atoms with Crippen molar-refractivity contribution in [2.24, 2.45) is 0 Å². The minimum Gasteiger partial charge on any atom is -0.460 e. The summed E-state index contributed by atoms with van der Waals surface area (Å²) in [5, 5.41) is 12.6. The molecule has 0 aromatic heterocycles. The molecule has 4 nitrogen and oxygen atoms in total. The molecule has 0 rings (SSSR count). The molecule has 96 valence electrons. The largest absolute Gasteiger partial charge is 0.460 e. The molecule has 0 bridgehead atoms. The smallest absolute Gasteiger partial charge is 0.307 e. The fourth-order valence-electron chi connectivity index (χ4n) is 1.13. The van der Waals surface area contributed by atoms with Crippen molar-refractivity contribution in [1.29, 1.82) is 0 Å². The quantitative estimate of drug-likeness (QED) is 0.703. The highest BCUT2D eigenvalue weighted by Gasteiger charge is 2.19. The van der Waals surface area contributed by atoms with Crippen molar-refractivity contribution in [1.82, 2.24) is 5.32 Å². The van der Waals surface area contributed by atoms with Crippen LogP contribution in [0.2, 0.25) is 0 Å². The zero-order valence-electron chi connectivity index (χ0n) is 11.3. The van der Waals surface area contributed by atoms with Gasteiger partial charge in [-0.1, -0.05) is 0 Å². The molecular formula is C12H25NO3. The van der Waals surface area contributed by atoms with E-state index in [9.17, 15) is 9.90 Å². The van der Waals surface area contributed by atoms with Crippen LogP contribution in [0, 0.1) is 0 Å². The summed E-state index contributed by atoms with van der Waals surface area (Å²) in [5.41, 5.74) is -1.20. The molecule has 1 atom stereocenters. The lowest BCUT2D eigenvalue weighted by molar-refractivity contribution is -0.155. The monoisotopic (exact) mass is 231 g/mol. The van der Waals surface area contributed by atoms with Crippen molar-refractivity contribution in [3.8, 4) is 0 Å². The van der Waals surface area contributed by atoms with Crippen LogP contribution < -0.4 is 5.32 Å². The SMILES string of the molecule is CC(CC(=O)OC(C)(C)C)NCC(C)(C)O. The maximum absolute atomic E-state index is 11.5. The van der Waals surface area contributed by atoms with Crippen LogP contribution in [-0.2, 0) is 9.53 Å². The molecule has 0 fully saturated rings. The second kappa shape index (κ2) is 5.64. The Morgan fingerprint density at radius 1 is 1.31 bits per heavy atom. The van der Waals surface area contributed by atoms with Gasteiger partial charge in [-0.25, -0.2) is 0 Å². The topological polar surface area (TPSA) is 58.6 Å². The first-order valence-electron chi connectivity index (χ1n) is 5.67. The Balaban J connectivity index is 3.88. The van der Waals surface area contributed by atoms with Gasteiger partial charge >= 0.3 is 5.97 Å². The molecular weight excluding hydrogens is 206 g/mol. The first-order valence-corrected chi connectivity index (χ1v) is 5.67. The standard InChI is InChI=1S/C12H25NO3/c1-9(13-8-12(5,6)15)7-10(14)16-11(2,3)4/h9,13,15H,7-8H2,1-6H3. The van der Waals surface area contributed by atoms with Crippen molar-refractivity contribution < 1.29 is 14.6 Å².